The molecule has 0 N–H and O–H groups in total. The lowest BCUT2D eigenvalue weighted by atomic mass is 9.94. The summed E-state index contributed by atoms with van der Waals surface area (Å²) in [6, 6.07) is 5.60. The van der Waals surface area contributed by atoms with Crippen LogP contribution in [0.2, 0.25) is 0 Å². The molecule has 0 saturated heterocycles. The third-order valence-corrected chi connectivity index (χ3v) is 4.15. The third kappa shape index (κ3) is 4.74. The van der Waals surface area contributed by atoms with Crippen molar-refractivity contribution >= 4 is 16.3 Å². The van der Waals surface area contributed by atoms with Crippen molar-refractivity contribution in [3.05, 3.63) is 29.3 Å². The number of carbonyl (C=O) groups is 1. The Hall–Kier alpha value is -1.56. The third-order valence-electron chi connectivity index (χ3n) is 3.05. The molecule has 1 aromatic carbocycles. The number of para-hydroxylation sites is 1. The van der Waals surface area contributed by atoms with Crippen LogP contribution in [-0.4, -0.2) is 20.3 Å². The second-order valence-electron chi connectivity index (χ2n) is 5.36. The number of hydrogen-bond acceptors (Lipinski definition) is 5. The van der Waals surface area contributed by atoms with Gasteiger partial charge < -0.3 is 8.92 Å². The summed E-state index contributed by atoms with van der Waals surface area (Å²) in [5.41, 5.74) is 1.68. The SMILES string of the molecule is CCS(=O)(=O)OC(=O)Oc1c(C(C)C)cccc1C(C)C. The number of rotatable bonds is 5. The summed E-state index contributed by atoms with van der Waals surface area (Å²) in [6.07, 6.45) is -1.22. The van der Waals surface area contributed by atoms with Crippen molar-refractivity contribution in [3.63, 3.8) is 0 Å². The number of benzene rings is 1. The Morgan fingerprint density at radius 1 is 1.10 bits per heavy atom. The summed E-state index contributed by atoms with van der Waals surface area (Å²) < 4.78 is 32.2. The van der Waals surface area contributed by atoms with Crippen LogP contribution in [0.1, 0.15) is 57.6 Å². The first-order valence-electron chi connectivity index (χ1n) is 6.94. The summed E-state index contributed by atoms with van der Waals surface area (Å²) in [6.45, 7) is 9.28. The van der Waals surface area contributed by atoms with Crippen molar-refractivity contribution in [1.29, 1.82) is 0 Å². The van der Waals surface area contributed by atoms with Crippen LogP contribution >= 0.6 is 0 Å². The average molecular weight is 314 g/mol. The highest BCUT2D eigenvalue weighted by Crippen LogP contribution is 2.34. The van der Waals surface area contributed by atoms with E-state index in [2.05, 4.69) is 4.18 Å². The van der Waals surface area contributed by atoms with E-state index in [-0.39, 0.29) is 17.6 Å². The van der Waals surface area contributed by atoms with E-state index in [0.29, 0.717) is 5.75 Å². The highest BCUT2D eigenvalue weighted by molar-refractivity contribution is 7.87. The minimum Gasteiger partial charge on any atom is -0.394 e. The van der Waals surface area contributed by atoms with Gasteiger partial charge in [-0.25, -0.2) is 4.79 Å². The van der Waals surface area contributed by atoms with Gasteiger partial charge in [0.25, 0.3) is 0 Å². The van der Waals surface area contributed by atoms with Gasteiger partial charge in [0.15, 0.2) is 0 Å². The van der Waals surface area contributed by atoms with Gasteiger partial charge in [-0.05, 0) is 29.9 Å². The van der Waals surface area contributed by atoms with Crippen molar-refractivity contribution < 1.29 is 22.1 Å². The summed E-state index contributed by atoms with van der Waals surface area (Å²) >= 11 is 0. The van der Waals surface area contributed by atoms with Gasteiger partial charge in [0.05, 0.1) is 5.75 Å². The maximum Gasteiger partial charge on any atom is 0.529 e. The first kappa shape index (κ1) is 17.5. The Labute approximate surface area is 126 Å². The molecular formula is C15H22O5S. The highest BCUT2D eigenvalue weighted by atomic mass is 32.2. The zero-order valence-corrected chi connectivity index (χ0v) is 13.9. The number of ether oxygens (including phenoxy) is 1. The summed E-state index contributed by atoms with van der Waals surface area (Å²) in [5.74, 6) is 0.368. The summed E-state index contributed by atoms with van der Waals surface area (Å²) in [5, 5.41) is 0. The monoisotopic (exact) mass is 314 g/mol. The quantitative estimate of drug-likeness (QED) is 0.470. The van der Waals surface area contributed by atoms with Gasteiger partial charge in [-0.15, -0.1) is 0 Å². The minimum atomic E-state index is -3.88. The molecule has 0 amide bonds. The number of hydrogen-bond donors (Lipinski definition) is 0. The zero-order chi connectivity index (χ0) is 16.2. The summed E-state index contributed by atoms with van der Waals surface area (Å²) in [7, 11) is -3.88. The molecule has 0 spiro atoms. The second-order valence-corrected chi connectivity index (χ2v) is 7.22. The zero-order valence-electron chi connectivity index (χ0n) is 13.0. The molecule has 118 valence electrons. The molecule has 0 unspecified atom stereocenters. The molecule has 0 bridgehead atoms. The van der Waals surface area contributed by atoms with E-state index < -0.39 is 16.3 Å². The van der Waals surface area contributed by atoms with Crippen molar-refractivity contribution in [2.45, 2.75) is 46.5 Å². The van der Waals surface area contributed by atoms with E-state index in [1.807, 2.05) is 45.9 Å². The molecule has 21 heavy (non-hydrogen) atoms. The van der Waals surface area contributed by atoms with Gasteiger partial charge in [0, 0.05) is 0 Å². The van der Waals surface area contributed by atoms with Gasteiger partial charge in [0.2, 0.25) is 0 Å². The minimum absolute atomic E-state index is 0.134. The molecule has 0 aromatic heterocycles. The molecule has 0 radical (unpaired) electrons. The van der Waals surface area contributed by atoms with E-state index in [0.717, 1.165) is 11.1 Å². The number of carbonyl (C=O) groups excluding carboxylic acids is 1. The van der Waals surface area contributed by atoms with Gasteiger partial charge in [-0.1, -0.05) is 45.9 Å². The fourth-order valence-electron chi connectivity index (χ4n) is 1.86. The van der Waals surface area contributed by atoms with Crippen molar-refractivity contribution in [2.24, 2.45) is 0 Å². The Bertz CT molecular complexity index is 576. The van der Waals surface area contributed by atoms with Crippen LogP contribution in [0.15, 0.2) is 18.2 Å². The van der Waals surface area contributed by atoms with E-state index in [1.165, 1.54) is 6.92 Å². The van der Waals surface area contributed by atoms with Crippen LogP contribution < -0.4 is 4.74 Å². The molecule has 0 heterocycles. The molecule has 0 atom stereocenters. The molecule has 0 fully saturated rings. The lowest BCUT2D eigenvalue weighted by Crippen LogP contribution is -2.19. The van der Waals surface area contributed by atoms with Gasteiger partial charge in [-0.2, -0.15) is 8.42 Å². The molecule has 0 aliphatic carbocycles. The van der Waals surface area contributed by atoms with Crippen LogP contribution in [0.25, 0.3) is 0 Å². The van der Waals surface area contributed by atoms with Gasteiger partial charge in [-0.3, -0.25) is 0 Å². The van der Waals surface area contributed by atoms with E-state index in [4.69, 9.17) is 4.74 Å². The summed E-state index contributed by atoms with van der Waals surface area (Å²) in [4.78, 5) is 11.7. The van der Waals surface area contributed by atoms with Crippen molar-refractivity contribution in [1.82, 2.24) is 0 Å². The van der Waals surface area contributed by atoms with E-state index in [9.17, 15) is 13.2 Å². The molecule has 0 aliphatic rings. The van der Waals surface area contributed by atoms with Crippen LogP contribution in [0.5, 0.6) is 5.75 Å². The molecule has 0 saturated carbocycles. The Morgan fingerprint density at radius 3 is 1.95 bits per heavy atom. The Kier molecular flexibility index (Phi) is 5.78. The fraction of sp³-hybridized carbons (Fsp3) is 0.533. The molecule has 0 aliphatic heterocycles. The maximum atomic E-state index is 11.7. The molecular weight excluding hydrogens is 292 g/mol. The topological polar surface area (TPSA) is 69.7 Å². The van der Waals surface area contributed by atoms with Gasteiger partial charge in [0.1, 0.15) is 5.75 Å². The molecule has 1 aromatic rings. The largest absolute Gasteiger partial charge is 0.529 e. The second kappa shape index (κ2) is 6.93. The predicted molar refractivity (Wildman–Crippen MR) is 81.2 cm³/mol. The lowest BCUT2D eigenvalue weighted by molar-refractivity contribution is 0.153. The van der Waals surface area contributed by atoms with Gasteiger partial charge >= 0.3 is 16.3 Å². The molecule has 6 heteroatoms. The molecule has 1 rings (SSSR count). The van der Waals surface area contributed by atoms with Crippen molar-refractivity contribution in [3.8, 4) is 5.75 Å². The van der Waals surface area contributed by atoms with Crippen LogP contribution in [-0.2, 0) is 14.3 Å². The van der Waals surface area contributed by atoms with E-state index in [1.54, 1.807) is 0 Å². The Morgan fingerprint density at radius 2 is 1.57 bits per heavy atom. The lowest BCUT2D eigenvalue weighted by Gasteiger charge is -2.18. The predicted octanol–water partition coefficient (Wildman–Crippen LogP) is 3.80. The standard InChI is InChI=1S/C15H22O5S/c1-6-21(17,18)20-15(16)19-14-12(10(2)3)8-7-9-13(14)11(4)5/h7-11H,6H2,1-5H3. The first-order chi connectivity index (χ1) is 9.68. The average Bonchev–Trinajstić information content (AvgIpc) is 2.37. The van der Waals surface area contributed by atoms with Crippen LogP contribution in [0.3, 0.4) is 0 Å². The smallest absolute Gasteiger partial charge is 0.394 e. The first-order valence-corrected chi connectivity index (χ1v) is 8.52. The highest BCUT2D eigenvalue weighted by Gasteiger charge is 2.22. The fourth-order valence-corrected chi connectivity index (χ4v) is 2.22. The van der Waals surface area contributed by atoms with Crippen LogP contribution in [0.4, 0.5) is 4.79 Å². The normalized spacial score (nSPS) is 11.8. The molecule has 5 nitrogen and oxygen atoms in total. The Balaban J connectivity index is 3.14. The van der Waals surface area contributed by atoms with Crippen molar-refractivity contribution in [2.75, 3.05) is 5.75 Å². The maximum absolute atomic E-state index is 11.7. The van der Waals surface area contributed by atoms with Crippen LogP contribution in [0, 0.1) is 0 Å². The van der Waals surface area contributed by atoms with E-state index >= 15 is 0 Å².